The maximum Gasteiger partial charge on any atom is 0.174 e. The Morgan fingerprint density at radius 2 is 1.90 bits per heavy atom. The molecule has 20 heavy (non-hydrogen) atoms. The van der Waals surface area contributed by atoms with Crippen molar-refractivity contribution in [1.29, 1.82) is 5.26 Å². The molecule has 2 rings (SSSR count). The van der Waals surface area contributed by atoms with E-state index >= 15 is 0 Å². The number of nitrogens with zero attached hydrogens (tertiary/aromatic N) is 1. The quantitative estimate of drug-likeness (QED) is 0.784. The van der Waals surface area contributed by atoms with Crippen LogP contribution in [0.2, 0.25) is 5.02 Å². The van der Waals surface area contributed by atoms with Gasteiger partial charge in [0.05, 0.1) is 22.6 Å². The topological polar surface area (TPSA) is 40.9 Å². The Morgan fingerprint density at radius 3 is 2.55 bits per heavy atom. The number of benzene rings is 2. The zero-order chi connectivity index (χ0) is 14.5. The Bertz CT molecular complexity index is 664. The highest BCUT2D eigenvalue weighted by Gasteiger charge is 2.25. The number of carbonyl (C=O) groups excluding carboxylic acids is 1. The highest BCUT2D eigenvalue weighted by atomic mass is 35.5. The summed E-state index contributed by atoms with van der Waals surface area (Å²) in [5, 5.41) is 8.80. The number of ketones is 1. The fraction of sp³-hybridized carbons (Fsp3) is 0.125. The summed E-state index contributed by atoms with van der Waals surface area (Å²) < 4.78 is 13.9. The lowest BCUT2D eigenvalue weighted by Gasteiger charge is -2.14. The molecule has 1 atom stereocenters. The van der Waals surface area contributed by atoms with Gasteiger partial charge in [-0.1, -0.05) is 48.0 Å². The van der Waals surface area contributed by atoms with Crippen molar-refractivity contribution < 1.29 is 9.18 Å². The number of hydrogen-bond acceptors (Lipinski definition) is 2. The highest BCUT2D eigenvalue weighted by Crippen LogP contribution is 2.27. The van der Waals surface area contributed by atoms with Gasteiger partial charge >= 0.3 is 0 Å². The molecule has 2 aromatic carbocycles. The fourth-order valence-corrected chi connectivity index (χ4v) is 2.19. The maximum atomic E-state index is 13.9. The molecule has 0 spiro atoms. The van der Waals surface area contributed by atoms with Gasteiger partial charge in [0.25, 0.3) is 0 Å². The molecule has 0 aliphatic rings. The Kier molecular flexibility index (Phi) is 4.49. The summed E-state index contributed by atoms with van der Waals surface area (Å²) in [4.78, 5) is 12.5. The summed E-state index contributed by atoms with van der Waals surface area (Å²) in [6.07, 6.45) is -0.00516. The molecule has 0 radical (unpaired) electrons. The molecule has 0 N–H and O–H groups in total. The third-order valence-corrected chi connectivity index (χ3v) is 3.32. The molecule has 0 fully saturated rings. The van der Waals surface area contributed by atoms with Crippen LogP contribution in [0.3, 0.4) is 0 Å². The monoisotopic (exact) mass is 287 g/mol. The number of Topliss-reactive ketones (excluding diaryl/α,β-unsaturated/α-hetero) is 1. The second kappa shape index (κ2) is 6.31. The van der Waals surface area contributed by atoms with Crippen molar-refractivity contribution in [2.75, 3.05) is 0 Å². The van der Waals surface area contributed by atoms with Gasteiger partial charge in [-0.15, -0.1) is 0 Å². The molecule has 0 aliphatic heterocycles. The van der Waals surface area contributed by atoms with Gasteiger partial charge in [0.1, 0.15) is 0 Å². The number of halogens is 2. The summed E-state index contributed by atoms with van der Waals surface area (Å²) in [6.45, 7) is 0. The minimum Gasteiger partial charge on any atom is -0.293 e. The largest absolute Gasteiger partial charge is 0.293 e. The normalized spacial score (nSPS) is 11.7. The first-order valence-electron chi connectivity index (χ1n) is 6.05. The maximum absolute atomic E-state index is 13.9. The van der Waals surface area contributed by atoms with Crippen LogP contribution in [0.15, 0.2) is 48.5 Å². The summed E-state index contributed by atoms with van der Waals surface area (Å²) in [7, 11) is 0. The Morgan fingerprint density at radius 1 is 1.20 bits per heavy atom. The lowest BCUT2D eigenvalue weighted by molar-refractivity contribution is 0.0956. The van der Waals surface area contributed by atoms with Crippen LogP contribution in [0.5, 0.6) is 0 Å². The summed E-state index contributed by atoms with van der Waals surface area (Å²) in [5.41, 5.74) is 0.611. The first-order chi connectivity index (χ1) is 9.65. The third-order valence-electron chi connectivity index (χ3n) is 3.03. The summed E-state index contributed by atoms with van der Waals surface area (Å²) >= 11 is 5.69. The zero-order valence-corrected chi connectivity index (χ0v) is 11.3. The molecular formula is C16H11ClFNO. The first-order valence-corrected chi connectivity index (χ1v) is 6.43. The lowest BCUT2D eigenvalue weighted by atomic mass is 9.88. The van der Waals surface area contributed by atoms with Crippen molar-refractivity contribution in [2.45, 2.75) is 12.3 Å². The van der Waals surface area contributed by atoms with Crippen molar-refractivity contribution in [1.82, 2.24) is 0 Å². The number of nitriles is 1. The fourth-order valence-electron chi connectivity index (χ4n) is 2.02. The van der Waals surface area contributed by atoms with Gasteiger partial charge in [0.2, 0.25) is 0 Å². The van der Waals surface area contributed by atoms with Gasteiger partial charge < -0.3 is 0 Å². The molecule has 0 aliphatic carbocycles. The van der Waals surface area contributed by atoms with E-state index in [9.17, 15) is 9.18 Å². The molecule has 4 heteroatoms. The van der Waals surface area contributed by atoms with E-state index in [2.05, 4.69) is 0 Å². The zero-order valence-electron chi connectivity index (χ0n) is 10.5. The van der Waals surface area contributed by atoms with Crippen molar-refractivity contribution in [2.24, 2.45) is 0 Å². The van der Waals surface area contributed by atoms with Gasteiger partial charge in [-0.3, -0.25) is 4.79 Å². The average Bonchev–Trinajstić information content (AvgIpc) is 2.48. The first kappa shape index (κ1) is 14.2. The number of rotatable bonds is 4. The highest BCUT2D eigenvalue weighted by molar-refractivity contribution is 6.31. The summed E-state index contributed by atoms with van der Waals surface area (Å²) in [5.74, 6) is -1.86. The van der Waals surface area contributed by atoms with Crippen LogP contribution >= 0.6 is 11.6 Å². The molecule has 0 heterocycles. The molecule has 0 saturated carbocycles. The van der Waals surface area contributed by atoms with Crippen LogP contribution in [0, 0.1) is 17.1 Å². The van der Waals surface area contributed by atoms with Crippen LogP contribution in [0.4, 0.5) is 4.39 Å². The molecule has 2 aromatic rings. The van der Waals surface area contributed by atoms with Crippen LogP contribution in [0.1, 0.15) is 28.3 Å². The number of hydrogen-bond donors (Lipinski definition) is 0. The van der Waals surface area contributed by atoms with Crippen molar-refractivity contribution in [3.05, 3.63) is 70.5 Å². The molecule has 0 bridgehead atoms. The van der Waals surface area contributed by atoms with Crippen LogP contribution in [0.25, 0.3) is 0 Å². The van der Waals surface area contributed by atoms with Gasteiger partial charge in [0.15, 0.2) is 11.6 Å². The average molecular weight is 288 g/mol. The molecule has 0 saturated heterocycles. The van der Waals surface area contributed by atoms with Crippen LogP contribution in [-0.4, -0.2) is 5.78 Å². The van der Waals surface area contributed by atoms with E-state index in [0.717, 1.165) is 0 Å². The standard InChI is InChI=1S/C16H11ClFNO/c17-14-8-4-7-13(15(14)18)16(20)12(9-10-19)11-5-2-1-3-6-11/h1-8,12H,9H2. The molecule has 0 amide bonds. The Hall–Kier alpha value is -2.18. The van der Waals surface area contributed by atoms with Crippen LogP contribution < -0.4 is 0 Å². The predicted molar refractivity (Wildman–Crippen MR) is 75.2 cm³/mol. The van der Waals surface area contributed by atoms with E-state index < -0.39 is 17.5 Å². The Labute approximate surface area is 121 Å². The molecule has 100 valence electrons. The van der Waals surface area contributed by atoms with Gasteiger partial charge in [-0.2, -0.15) is 5.26 Å². The second-order valence-corrected chi connectivity index (χ2v) is 4.70. The van der Waals surface area contributed by atoms with Crippen molar-refractivity contribution in [3.8, 4) is 6.07 Å². The minimum absolute atomic E-state index is 0.00516. The molecule has 0 aromatic heterocycles. The van der Waals surface area contributed by atoms with Crippen molar-refractivity contribution >= 4 is 17.4 Å². The third kappa shape index (κ3) is 2.87. The van der Waals surface area contributed by atoms with Crippen molar-refractivity contribution in [3.63, 3.8) is 0 Å². The second-order valence-electron chi connectivity index (χ2n) is 4.29. The van der Waals surface area contributed by atoms with E-state index in [-0.39, 0.29) is 17.0 Å². The van der Waals surface area contributed by atoms with E-state index in [1.54, 1.807) is 24.3 Å². The van der Waals surface area contributed by atoms with E-state index in [0.29, 0.717) is 5.56 Å². The van der Waals surface area contributed by atoms with E-state index in [1.165, 1.54) is 18.2 Å². The van der Waals surface area contributed by atoms with Gasteiger partial charge in [-0.25, -0.2) is 4.39 Å². The van der Waals surface area contributed by atoms with E-state index in [4.69, 9.17) is 16.9 Å². The predicted octanol–water partition coefficient (Wildman–Crippen LogP) is 4.36. The lowest BCUT2D eigenvalue weighted by Crippen LogP contribution is -2.14. The van der Waals surface area contributed by atoms with E-state index in [1.807, 2.05) is 12.1 Å². The van der Waals surface area contributed by atoms with Crippen LogP contribution in [-0.2, 0) is 0 Å². The summed E-state index contributed by atoms with van der Waals surface area (Å²) in [6, 6.07) is 15.1. The smallest absolute Gasteiger partial charge is 0.174 e. The van der Waals surface area contributed by atoms with Gasteiger partial charge in [0, 0.05) is 6.42 Å². The van der Waals surface area contributed by atoms with Gasteiger partial charge in [-0.05, 0) is 17.7 Å². The SMILES string of the molecule is N#CCC(C(=O)c1cccc(Cl)c1F)c1ccccc1. The molecular weight excluding hydrogens is 277 g/mol. The number of carbonyl (C=O) groups is 1. The molecule has 2 nitrogen and oxygen atoms in total. The molecule has 1 unspecified atom stereocenters. The minimum atomic E-state index is -0.738. The Balaban J connectivity index is 2.43.